The van der Waals surface area contributed by atoms with Crippen LogP contribution in [0.3, 0.4) is 0 Å². The molecule has 7 aliphatic rings. The normalized spacial score (nSPS) is 25.7. The number of halogens is 2. The highest BCUT2D eigenvalue weighted by Crippen LogP contribution is 2.54. The molecule has 0 unspecified atom stereocenters. The summed E-state index contributed by atoms with van der Waals surface area (Å²) in [6.45, 7) is 9.29. The van der Waals surface area contributed by atoms with E-state index in [1.165, 1.54) is 29.3 Å². The number of rotatable bonds is 12. The van der Waals surface area contributed by atoms with Crippen molar-refractivity contribution in [2.75, 3.05) is 74.2 Å². The van der Waals surface area contributed by atoms with Gasteiger partial charge in [0.15, 0.2) is 11.6 Å². The summed E-state index contributed by atoms with van der Waals surface area (Å²) in [5.41, 5.74) is 4.83. The fourth-order valence-electron chi connectivity index (χ4n) is 14.4. The number of carbonyl (C=O) groups excluding carboxylic acids is 1. The largest absolute Gasteiger partial charge is 0.490 e. The number of nitrogens with one attached hydrogen (secondary N) is 3. The number of piperidine rings is 1. The fraction of sp³-hybridized carbons (Fsp3) is 0.475. The molecule has 2 saturated carbocycles. The molecule has 5 fully saturated rings. The van der Waals surface area contributed by atoms with Crippen LogP contribution in [0.5, 0.6) is 11.6 Å². The van der Waals surface area contributed by atoms with Gasteiger partial charge in [-0.05, 0) is 143 Å². The number of piperazine rings is 1. The van der Waals surface area contributed by atoms with Crippen LogP contribution in [-0.2, 0) is 14.8 Å². The third kappa shape index (κ3) is 10.3. The Labute approximate surface area is 475 Å². The van der Waals surface area contributed by atoms with Crippen LogP contribution in [0.1, 0.15) is 110 Å². The first-order valence-electron chi connectivity index (χ1n) is 28.9. The Bertz CT molecular complexity index is 3560. The molecule has 6 aromatic rings. The molecular weight excluding hydrogens is 1070 g/mol. The minimum Gasteiger partial charge on any atom is -0.490 e. The Morgan fingerprint density at radius 2 is 1.71 bits per heavy atom. The minimum absolute atomic E-state index is 0.0813. The predicted molar refractivity (Wildman–Crippen MR) is 305 cm³/mol. The van der Waals surface area contributed by atoms with Crippen molar-refractivity contribution in [3.63, 3.8) is 0 Å². The number of nitro groups is 1. The average molecular weight is 1140 g/mol. The van der Waals surface area contributed by atoms with E-state index in [0.29, 0.717) is 79.9 Å². The number of aromatic nitrogens is 2. The summed E-state index contributed by atoms with van der Waals surface area (Å²) >= 11 is 0. The third-order valence-corrected chi connectivity index (χ3v) is 20.4. The zero-order valence-electron chi connectivity index (χ0n) is 46.1. The quantitative estimate of drug-likeness (QED) is 0.0664. The number of H-pyrrole nitrogens is 1. The summed E-state index contributed by atoms with van der Waals surface area (Å²) in [5.74, 6) is -1.49. The highest BCUT2D eigenvalue weighted by atomic mass is 32.2. The van der Waals surface area contributed by atoms with Gasteiger partial charge >= 0.3 is 0 Å². The third-order valence-electron chi connectivity index (χ3n) is 19.0. The molecule has 18 nitrogen and oxygen atoms in total. The van der Waals surface area contributed by atoms with E-state index in [0.717, 1.165) is 94.5 Å². The molecule has 0 bridgehead atoms. The van der Waals surface area contributed by atoms with E-state index in [9.17, 15) is 37.2 Å². The molecule has 432 valence electrons. The molecule has 4 atom stereocenters. The van der Waals surface area contributed by atoms with Gasteiger partial charge in [0, 0.05) is 105 Å². The van der Waals surface area contributed by atoms with Gasteiger partial charge in [-0.3, -0.25) is 24.7 Å². The van der Waals surface area contributed by atoms with Gasteiger partial charge in [0.05, 0.1) is 45.9 Å². The highest BCUT2D eigenvalue weighted by Gasteiger charge is 2.51. The van der Waals surface area contributed by atoms with Gasteiger partial charge in [0.25, 0.3) is 21.6 Å². The molecule has 3 saturated heterocycles. The molecule has 82 heavy (non-hydrogen) atoms. The number of pyridine rings is 1. The molecule has 2 aliphatic carbocycles. The number of nitro benzene ring substituents is 1. The molecule has 4 aromatic carbocycles. The van der Waals surface area contributed by atoms with Crippen LogP contribution in [0.15, 0.2) is 96.0 Å². The van der Waals surface area contributed by atoms with E-state index in [1.54, 1.807) is 12.3 Å². The zero-order valence-corrected chi connectivity index (χ0v) is 46.9. The Balaban J connectivity index is 0.757. The molecule has 21 heteroatoms. The number of fused-ring (bicyclic) bond motifs is 4. The highest BCUT2D eigenvalue weighted by molar-refractivity contribution is 7.90. The maximum Gasteiger partial charge on any atom is 0.293 e. The number of benzene rings is 4. The van der Waals surface area contributed by atoms with Crippen molar-refractivity contribution >= 4 is 55.4 Å². The molecule has 5 aliphatic heterocycles. The Morgan fingerprint density at radius 1 is 0.902 bits per heavy atom. The number of sulfonamides is 1. The summed E-state index contributed by atoms with van der Waals surface area (Å²) in [6, 6.07) is 23.8. The summed E-state index contributed by atoms with van der Waals surface area (Å²) in [7, 11) is -4.66. The first-order chi connectivity index (χ1) is 39.5. The second-order valence-electron chi connectivity index (χ2n) is 24.2. The molecular formula is C61H69F2N9O9S. The molecule has 0 radical (unpaired) electrons. The van der Waals surface area contributed by atoms with Gasteiger partial charge in [-0.15, -0.1) is 0 Å². The lowest BCUT2D eigenvalue weighted by atomic mass is 9.59. The van der Waals surface area contributed by atoms with E-state index < -0.39 is 54.8 Å². The smallest absolute Gasteiger partial charge is 0.293 e. The van der Waals surface area contributed by atoms with Crippen LogP contribution in [0.4, 0.5) is 37.2 Å². The second kappa shape index (κ2) is 21.4. The van der Waals surface area contributed by atoms with Crippen LogP contribution in [-0.4, -0.2) is 127 Å². The number of aromatic amines is 1. The van der Waals surface area contributed by atoms with Gasteiger partial charge in [0.1, 0.15) is 28.9 Å². The van der Waals surface area contributed by atoms with Gasteiger partial charge in [-0.1, -0.05) is 24.3 Å². The van der Waals surface area contributed by atoms with Crippen molar-refractivity contribution in [2.45, 2.75) is 119 Å². The van der Waals surface area contributed by atoms with Gasteiger partial charge in [-0.2, -0.15) is 4.98 Å². The van der Waals surface area contributed by atoms with Crippen molar-refractivity contribution in [1.29, 1.82) is 0 Å². The van der Waals surface area contributed by atoms with E-state index >= 15 is 0 Å². The topological polar surface area (TPSA) is 208 Å². The molecule has 7 heterocycles. The van der Waals surface area contributed by atoms with Crippen molar-refractivity contribution in [1.82, 2.24) is 24.5 Å². The second-order valence-corrected chi connectivity index (χ2v) is 25.9. The number of hydrogen-bond acceptors (Lipinski definition) is 15. The molecule has 13 rings (SSSR count). The lowest BCUT2D eigenvalue weighted by molar-refractivity contribution is -0.384. The number of aliphatic hydroxyl groups is 1. The Morgan fingerprint density at radius 3 is 2.50 bits per heavy atom. The first-order valence-corrected chi connectivity index (χ1v) is 30.4. The standard InChI is InChI=1S/C61H69F2N9O9S/c1-37-5-3-4-6-44(37)54-35-69(49-15-26-80-56-46(49)28-40(62)29-47(56)63)23-24-70(54)42-32-61(33-42)18-21-68(22-19-61)41-7-9-45(51(30-41)71-50-14-25-79-36-55(50)81-59-53(71)27-39-13-20-64-57(39)66-59)58(73)67-82(77,78)43-8-10-48(52(31-43)72(75)76)65-34-38-11-16-60(2,74)17-12-38/h3-10,13,20,27-31,38,42,49-50,54-55,65,74H,11-12,14-19,21-26,32-36H2,1-2H3,(H,64,66)(H,67,73)/t38?,49-,50+,54+,55+,60?/m1/s1. The molecule has 4 N–H and O–H groups in total. The number of anilines is 4. The van der Waals surface area contributed by atoms with Gasteiger partial charge < -0.3 is 39.4 Å². The van der Waals surface area contributed by atoms with Crippen LogP contribution in [0.25, 0.3) is 11.0 Å². The zero-order chi connectivity index (χ0) is 56.7. The number of nitrogens with zero attached hydrogens (tertiary/aromatic N) is 6. The van der Waals surface area contributed by atoms with Crippen molar-refractivity contribution in [3.05, 3.63) is 135 Å². The van der Waals surface area contributed by atoms with Crippen LogP contribution in [0, 0.1) is 40.0 Å². The van der Waals surface area contributed by atoms with E-state index in [1.807, 2.05) is 31.2 Å². The van der Waals surface area contributed by atoms with Gasteiger partial charge in [-0.25, -0.2) is 21.9 Å². The summed E-state index contributed by atoms with van der Waals surface area (Å²) in [5, 5.41) is 26.8. The molecule has 1 amide bonds. The first kappa shape index (κ1) is 54.3. The number of hydrogen-bond donors (Lipinski definition) is 4. The van der Waals surface area contributed by atoms with E-state index in [2.05, 4.69) is 65.8 Å². The van der Waals surface area contributed by atoms with Gasteiger partial charge in [0.2, 0.25) is 5.88 Å². The number of aryl methyl sites for hydroxylation is 1. The van der Waals surface area contributed by atoms with E-state index in [4.69, 9.17) is 19.2 Å². The van der Waals surface area contributed by atoms with Crippen molar-refractivity contribution in [2.24, 2.45) is 11.3 Å². The van der Waals surface area contributed by atoms with Crippen LogP contribution >= 0.6 is 0 Å². The Kier molecular flexibility index (Phi) is 14.2. The van der Waals surface area contributed by atoms with Crippen LogP contribution < -0.4 is 29.3 Å². The number of ether oxygens (including phenoxy) is 3. The SMILES string of the molecule is Cc1ccccc1[C@@H]1CN([C@@H]2CCOc3c(F)cc(F)cc32)CCN1C1CC2(CCN(c3ccc(C(=O)NS(=O)(=O)c4ccc(NCC5CCC(C)(O)CC5)c([N+](=O)[O-])c4)c(N4c5cc6cc[nH]c6nc5O[C@H]5COCC[C@@H]54)c3)CC2)C1. The summed E-state index contributed by atoms with van der Waals surface area (Å²) in [4.78, 5) is 43.7. The Hall–Kier alpha value is -6.91. The van der Waals surface area contributed by atoms with Crippen molar-refractivity contribution in [3.8, 4) is 11.6 Å². The monoisotopic (exact) mass is 1140 g/mol. The minimum atomic E-state index is -4.66. The average Bonchev–Trinajstić information content (AvgIpc) is 3.19. The maximum atomic E-state index is 15.0. The maximum absolute atomic E-state index is 15.0. The lowest BCUT2D eigenvalue weighted by Crippen LogP contribution is -2.60. The summed E-state index contributed by atoms with van der Waals surface area (Å²) in [6.07, 6.45) is 9.24. The van der Waals surface area contributed by atoms with E-state index in [-0.39, 0.29) is 53.1 Å². The predicted octanol–water partition coefficient (Wildman–Crippen LogP) is 9.85. The van der Waals surface area contributed by atoms with Crippen molar-refractivity contribution < 1.29 is 46.2 Å². The lowest BCUT2D eigenvalue weighted by Gasteiger charge is -2.59. The fourth-order valence-corrected chi connectivity index (χ4v) is 15.4. The number of carbonyl (C=O) groups is 1. The molecule has 1 spiro atoms. The van der Waals surface area contributed by atoms with Crippen LogP contribution in [0.2, 0.25) is 0 Å². The number of amides is 1. The molecule has 2 aromatic heterocycles. The summed E-state index contributed by atoms with van der Waals surface area (Å²) < 4.78 is 78.7.